The number of hydrazine groups is 1. The Morgan fingerprint density at radius 3 is 2.14 bits per heavy atom. The zero-order valence-electron chi connectivity index (χ0n) is 12.5. The van der Waals surface area contributed by atoms with E-state index in [9.17, 15) is 0 Å². The first-order valence-electron chi connectivity index (χ1n) is 6.84. The number of hydrogen-bond acceptors (Lipinski definition) is 2. The van der Waals surface area contributed by atoms with Crippen LogP contribution in [0.25, 0.3) is 0 Å². The van der Waals surface area contributed by atoms with Crippen LogP contribution in [-0.4, -0.2) is 0 Å². The third-order valence-corrected chi connectivity index (χ3v) is 4.76. The smallest absolute Gasteiger partial charge is 0.0721 e. The van der Waals surface area contributed by atoms with Crippen LogP contribution >= 0.6 is 31.9 Å². The lowest BCUT2D eigenvalue weighted by Crippen LogP contribution is -2.29. The van der Waals surface area contributed by atoms with Gasteiger partial charge in [-0.1, -0.05) is 76.9 Å². The minimum absolute atomic E-state index is 0.0501. The number of hydrogen-bond donors (Lipinski definition) is 2. The molecule has 2 aromatic rings. The average Bonchev–Trinajstić information content (AvgIpc) is 2.43. The molecule has 0 fully saturated rings. The molecule has 21 heavy (non-hydrogen) atoms. The van der Waals surface area contributed by atoms with Gasteiger partial charge in [-0.25, -0.2) is 5.43 Å². The Morgan fingerprint density at radius 1 is 1.00 bits per heavy atom. The molecule has 0 spiro atoms. The predicted octanol–water partition coefficient (Wildman–Crippen LogP) is 5.06. The summed E-state index contributed by atoms with van der Waals surface area (Å²) in [6.45, 7) is 6.64. The van der Waals surface area contributed by atoms with Gasteiger partial charge in [0.2, 0.25) is 0 Å². The first-order valence-corrected chi connectivity index (χ1v) is 8.43. The van der Waals surface area contributed by atoms with Gasteiger partial charge in [-0.2, -0.15) is 0 Å². The van der Waals surface area contributed by atoms with E-state index in [1.54, 1.807) is 0 Å². The molecule has 0 aliphatic rings. The first kappa shape index (κ1) is 16.7. The molecule has 4 heteroatoms. The van der Waals surface area contributed by atoms with Crippen LogP contribution in [0, 0.1) is 0 Å². The van der Waals surface area contributed by atoms with Gasteiger partial charge >= 0.3 is 0 Å². The van der Waals surface area contributed by atoms with E-state index in [0.717, 1.165) is 20.1 Å². The van der Waals surface area contributed by atoms with Gasteiger partial charge in [0.1, 0.15) is 0 Å². The highest BCUT2D eigenvalue weighted by atomic mass is 79.9. The topological polar surface area (TPSA) is 38.0 Å². The quantitative estimate of drug-likeness (QED) is 0.547. The van der Waals surface area contributed by atoms with Gasteiger partial charge in [-0.15, -0.1) is 0 Å². The van der Waals surface area contributed by atoms with Crippen LogP contribution in [0.15, 0.2) is 51.4 Å². The van der Waals surface area contributed by atoms with Gasteiger partial charge < -0.3 is 0 Å². The van der Waals surface area contributed by atoms with Crippen molar-refractivity contribution in [2.24, 2.45) is 5.84 Å². The number of halogens is 2. The Hall–Kier alpha value is -0.680. The fourth-order valence-corrected chi connectivity index (χ4v) is 3.13. The Kier molecular flexibility index (Phi) is 5.25. The monoisotopic (exact) mass is 410 g/mol. The molecule has 0 aliphatic carbocycles. The zero-order chi connectivity index (χ0) is 15.6. The standard InChI is InChI=1S/C17H20Br2N2/c1-17(2,3)12-6-4-11(5-7-12)16(21-20)14-10-13(18)8-9-15(14)19/h4-10,16,21H,20H2,1-3H3. The van der Waals surface area contributed by atoms with Crippen LogP contribution < -0.4 is 11.3 Å². The normalized spacial score (nSPS) is 13.2. The minimum atomic E-state index is -0.0501. The molecule has 0 aliphatic heterocycles. The van der Waals surface area contributed by atoms with E-state index in [2.05, 4.69) is 88.4 Å². The van der Waals surface area contributed by atoms with Crippen molar-refractivity contribution in [3.05, 3.63) is 68.1 Å². The number of nitrogens with two attached hydrogens (primary N) is 1. The SMILES string of the molecule is CC(C)(C)c1ccc(C(NN)c2cc(Br)ccc2Br)cc1. The van der Waals surface area contributed by atoms with E-state index in [-0.39, 0.29) is 11.5 Å². The lowest BCUT2D eigenvalue weighted by Gasteiger charge is -2.22. The highest BCUT2D eigenvalue weighted by molar-refractivity contribution is 9.11. The molecule has 2 rings (SSSR count). The van der Waals surface area contributed by atoms with Crippen LogP contribution in [0.4, 0.5) is 0 Å². The molecule has 0 saturated carbocycles. The maximum absolute atomic E-state index is 5.79. The van der Waals surface area contributed by atoms with E-state index in [1.165, 1.54) is 5.56 Å². The van der Waals surface area contributed by atoms with E-state index in [4.69, 9.17) is 5.84 Å². The van der Waals surface area contributed by atoms with Crippen molar-refractivity contribution in [1.82, 2.24) is 5.43 Å². The highest BCUT2D eigenvalue weighted by Crippen LogP contribution is 2.32. The van der Waals surface area contributed by atoms with Gasteiger partial charge in [-0.3, -0.25) is 5.84 Å². The second-order valence-electron chi connectivity index (χ2n) is 6.14. The summed E-state index contributed by atoms with van der Waals surface area (Å²) in [6, 6.07) is 14.7. The molecule has 112 valence electrons. The summed E-state index contributed by atoms with van der Waals surface area (Å²) in [5.74, 6) is 5.79. The Bertz CT molecular complexity index is 616. The molecule has 1 atom stereocenters. The van der Waals surface area contributed by atoms with E-state index in [1.807, 2.05) is 12.1 Å². The Balaban J connectivity index is 2.40. The van der Waals surface area contributed by atoms with E-state index in [0.29, 0.717) is 0 Å². The van der Waals surface area contributed by atoms with Gasteiger partial charge in [0.25, 0.3) is 0 Å². The maximum atomic E-state index is 5.79. The lowest BCUT2D eigenvalue weighted by molar-refractivity contribution is 0.588. The highest BCUT2D eigenvalue weighted by Gasteiger charge is 2.18. The Labute approximate surface area is 143 Å². The summed E-state index contributed by atoms with van der Waals surface area (Å²) >= 11 is 7.11. The fraction of sp³-hybridized carbons (Fsp3) is 0.294. The molecule has 2 aromatic carbocycles. The molecule has 3 N–H and O–H groups in total. The number of benzene rings is 2. The zero-order valence-corrected chi connectivity index (χ0v) is 15.6. The molecule has 0 heterocycles. The summed E-state index contributed by atoms with van der Waals surface area (Å²) in [5, 5.41) is 0. The molecular formula is C17H20Br2N2. The molecule has 0 saturated heterocycles. The van der Waals surface area contributed by atoms with Gasteiger partial charge in [0.15, 0.2) is 0 Å². The second kappa shape index (κ2) is 6.61. The minimum Gasteiger partial charge on any atom is -0.271 e. The van der Waals surface area contributed by atoms with Crippen LogP contribution in [0.5, 0.6) is 0 Å². The maximum Gasteiger partial charge on any atom is 0.0721 e. The van der Waals surface area contributed by atoms with Crippen molar-refractivity contribution in [2.75, 3.05) is 0 Å². The van der Waals surface area contributed by atoms with Crippen molar-refractivity contribution in [2.45, 2.75) is 32.2 Å². The molecule has 0 amide bonds. The fourth-order valence-electron chi connectivity index (χ4n) is 2.28. The lowest BCUT2D eigenvalue weighted by atomic mass is 9.86. The molecule has 2 nitrogen and oxygen atoms in total. The van der Waals surface area contributed by atoms with Crippen LogP contribution in [0.3, 0.4) is 0 Å². The summed E-state index contributed by atoms with van der Waals surface area (Å²) in [6.07, 6.45) is 0. The third-order valence-electron chi connectivity index (χ3n) is 3.55. The summed E-state index contributed by atoms with van der Waals surface area (Å²) in [7, 11) is 0. The molecule has 0 radical (unpaired) electrons. The van der Waals surface area contributed by atoms with Crippen molar-refractivity contribution in [3.63, 3.8) is 0 Å². The summed E-state index contributed by atoms with van der Waals surface area (Å²) < 4.78 is 2.07. The van der Waals surface area contributed by atoms with Gasteiger partial charge in [0.05, 0.1) is 6.04 Å². The van der Waals surface area contributed by atoms with Gasteiger partial charge in [-0.05, 0) is 40.3 Å². The summed E-state index contributed by atoms with van der Waals surface area (Å²) in [4.78, 5) is 0. The van der Waals surface area contributed by atoms with Crippen molar-refractivity contribution in [3.8, 4) is 0 Å². The van der Waals surface area contributed by atoms with Crippen molar-refractivity contribution < 1.29 is 0 Å². The van der Waals surface area contributed by atoms with E-state index < -0.39 is 0 Å². The summed E-state index contributed by atoms with van der Waals surface area (Å²) in [5.41, 5.74) is 6.63. The van der Waals surface area contributed by atoms with Gasteiger partial charge in [0, 0.05) is 8.95 Å². The largest absolute Gasteiger partial charge is 0.271 e. The van der Waals surface area contributed by atoms with Crippen LogP contribution in [0.2, 0.25) is 0 Å². The number of nitrogens with one attached hydrogen (secondary N) is 1. The van der Waals surface area contributed by atoms with Crippen LogP contribution in [0.1, 0.15) is 43.5 Å². The molecule has 1 unspecified atom stereocenters. The third kappa shape index (κ3) is 3.95. The molecule has 0 bridgehead atoms. The molecular weight excluding hydrogens is 392 g/mol. The Morgan fingerprint density at radius 2 is 1.62 bits per heavy atom. The first-order chi connectivity index (χ1) is 9.82. The average molecular weight is 412 g/mol. The van der Waals surface area contributed by atoms with E-state index >= 15 is 0 Å². The van der Waals surface area contributed by atoms with Crippen molar-refractivity contribution >= 4 is 31.9 Å². The van der Waals surface area contributed by atoms with Crippen molar-refractivity contribution in [1.29, 1.82) is 0 Å². The predicted molar refractivity (Wildman–Crippen MR) is 96.2 cm³/mol. The second-order valence-corrected chi connectivity index (χ2v) is 7.91. The van der Waals surface area contributed by atoms with Crippen LogP contribution in [-0.2, 0) is 5.41 Å². The molecule has 0 aromatic heterocycles. The number of rotatable bonds is 3.